The number of hydrogen-bond donors (Lipinski definition) is 1. The third-order valence-electron chi connectivity index (χ3n) is 4.86. The molecule has 0 saturated carbocycles. The van der Waals surface area contributed by atoms with Crippen molar-refractivity contribution in [2.45, 2.75) is 13.0 Å². The lowest BCUT2D eigenvalue weighted by molar-refractivity contribution is -0.140. The molecule has 152 valence electrons. The Labute approximate surface area is 171 Å². The molecule has 1 atom stereocenters. The van der Waals surface area contributed by atoms with Crippen molar-refractivity contribution < 1.29 is 19.4 Å². The van der Waals surface area contributed by atoms with Crippen LogP contribution in [0.25, 0.3) is 5.76 Å². The third-order valence-corrected chi connectivity index (χ3v) is 4.86. The fraction of sp³-hybridized carbons (Fsp3) is 0.304. The number of carbonyl (C=O) groups excluding carboxylic acids is 2. The summed E-state index contributed by atoms with van der Waals surface area (Å²) in [7, 11) is 3.82. The van der Waals surface area contributed by atoms with Gasteiger partial charge >= 0.3 is 0 Å². The van der Waals surface area contributed by atoms with E-state index < -0.39 is 17.7 Å². The molecule has 6 nitrogen and oxygen atoms in total. The van der Waals surface area contributed by atoms with Crippen molar-refractivity contribution in [3.63, 3.8) is 0 Å². The van der Waals surface area contributed by atoms with E-state index in [1.54, 1.807) is 24.3 Å². The van der Waals surface area contributed by atoms with E-state index in [9.17, 15) is 14.7 Å². The van der Waals surface area contributed by atoms with Gasteiger partial charge in [-0.2, -0.15) is 0 Å². The van der Waals surface area contributed by atoms with Crippen LogP contribution in [0.4, 0.5) is 0 Å². The predicted octanol–water partition coefficient (Wildman–Crippen LogP) is 3.07. The standard InChI is InChI=1S/C23H26N2O4/c1-4-29-18-12-8-11-17(15-18)20-19(21(26)16-9-6-5-7-10-16)22(27)23(28)25(20)14-13-24(2)3/h5-12,15,20,26H,4,13-14H2,1-3H3/b21-19-. The van der Waals surface area contributed by atoms with Gasteiger partial charge in [0.1, 0.15) is 11.5 Å². The summed E-state index contributed by atoms with van der Waals surface area (Å²) in [5.74, 6) is -0.779. The minimum Gasteiger partial charge on any atom is -0.507 e. The van der Waals surface area contributed by atoms with Gasteiger partial charge in [0.25, 0.3) is 11.7 Å². The summed E-state index contributed by atoms with van der Waals surface area (Å²) < 4.78 is 5.60. The number of amides is 1. The molecule has 1 N–H and O–H groups in total. The van der Waals surface area contributed by atoms with E-state index in [2.05, 4.69) is 0 Å². The molecule has 0 aliphatic carbocycles. The Morgan fingerprint density at radius 1 is 1.10 bits per heavy atom. The van der Waals surface area contributed by atoms with E-state index in [0.29, 0.717) is 31.0 Å². The average molecular weight is 394 g/mol. The Morgan fingerprint density at radius 3 is 2.48 bits per heavy atom. The van der Waals surface area contributed by atoms with E-state index in [4.69, 9.17) is 4.74 Å². The zero-order valence-corrected chi connectivity index (χ0v) is 17.0. The molecular formula is C23H26N2O4. The lowest BCUT2D eigenvalue weighted by atomic mass is 9.95. The molecule has 1 unspecified atom stereocenters. The predicted molar refractivity (Wildman–Crippen MR) is 112 cm³/mol. The summed E-state index contributed by atoms with van der Waals surface area (Å²) >= 11 is 0. The zero-order chi connectivity index (χ0) is 21.0. The number of Topliss-reactive ketones (excluding diaryl/α,β-unsaturated/α-hetero) is 1. The fourth-order valence-corrected chi connectivity index (χ4v) is 3.46. The second-order valence-corrected chi connectivity index (χ2v) is 7.17. The monoisotopic (exact) mass is 394 g/mol. The third kappa shape index (κ3) is 4.32. The van der Waals surface area contributed by atoms with Crippen LogP contribution in [0.1, 0.15) is 24.1 Å². The van der Waals surface area contributed by atoms with Crippen molar-refractivity contribution in [1.82, 2.24) is 9.80 Å². The van der Waals surface area contributed by atoms with E-state index in [-0.39, 0.29) is 11.3 Å². The number of likely N-dealkylation sites (tertiary alicyclic amines) is 1. The number of aliphatic hydroxyl groups is 1. The number of hydrogen-bond acceptors (Lipinski definition) is 5. The van der Waals surface area contributed by atoms with Crippen molar-refractivity contribution in [3.05, 3.63) is 71.3 Å². The number of benzene rings is 2. The van der Waals surface area contributed by atoms with Crippen LogP contribution in [-0.2, 0) is 9.59 Å². The number of carbonyl (C=O) groups is 2. The van der Waals surface area contributed by atoms with Gasteiger partial charge in [-0.15, -0.1) is 0 Å². The Morgan fingerprint density at radius 2 is 1.83 bits per heavy atom. The van der Waals surface area contributed by atoms with E-state index in [1.165, 1.54) is 4.90 Å². The first kappa shape index (κ1) is 20.6. The minimum absolute atomic E-state index is 0.105. The molecule has 2 aromatic carbocycles. The maximum absolute atomic E-state index is 12.9. The topological polar surface area (TPSA) is 70.1 Å². The van der Waals surface area contributed by atoms with Gasteiger partial charge in [-0.1, -0.05) is 42.5 Å². The van der Waals surface area contributed by atoms with Gasteiger partial charge in [0.15, 0.2) is 0 Å². The van der Waals surface area contributed by atoms with Crippen LogP contribution in [-0.4, -0.2) is 60.4 Å². The molecule has 1 amide bonds. The quantitative estimate of drug-likeness (QED) is 0.444. The largest absolute Gasteiger partial charge is 0.507 e. The average Bonchev–Trinajstić information content (AvgIpc) is 2.97. The highest BCUT2D eigenvalue weighted by molar-refractivity contribution is 6.46. The number of ketones is 1. The fourth-order valence-electron chi connectivity index (χ4n) is 3.46. The Balaban J connectivity index is 2.13. The van der Waals surface area contributed by atoms with Crippen molar-refractivity contribution in [2.75, 3.05) is 33.8 Å². The Bertz CT molecular complexity index is 921. The molecule has 0 spiro atoms. The molecule has 0 bridgehead atoms. The molecular weight excluding hydrogens is 368 g/mol. The Hall–Kier alpha value is -3.12. The molecule has 6 heteroatoms. The molecule has 1 heterocycles. The van der Waals surface area contributed by atoms with E-state index >= 15 is 0 Å². The van der Waals surface area contributed by atoms with E-state index in [1.807, 2.05) is 56.3 Å². The SMILES string of the molecule is CCOc1cccc(C2/C(=C(/O)c3ccccc3)C(=O)C(=O)N2CCN(C)C)c1. The van der Waals surface area contributed by atoms with Crippen molar-refractivity contribution in [2.24, 2.45) is 0 Å². The summed E-state index contributed by atoms with van der Waals surface area (Å²) in [5.41, 5.74) is 1.34. The van der Waals surface area contributed by atoms with Crippen LogP contribution >= 0.6 is 0 Å². The summed E-state index contributed by atoms with van der Waals surface area (Å²) in [4.78, 5) is 29.2. The molecule has 1 aliphatic rings. The van der Waals surface area contributed by atoms with Gasteiger partial charge in [-0.3, -0.25) is 9.59 Å². The van der Waals surface area contributed by atoms with Crippen molar-refractivity contribution in [1.29, 1.82) is 0 Å². The smallest absolute Gasteiger partial charge is 0.295 e. The molecule has 1 aliphatic heterocycles. The van der Waals surface area contributed by atoms with Crippen molar-refractivity contribution >= 4 is 17.4 Å². The van der Waals surface area contributed by atoms with Crippen molar-refractivity contribution in [3.8, 4) is 5.75 Å². The molecule has 0 aromatic heterocycles. The highest BCUT2D eigenvalue weighted by atomic mass is 16.5. The summed E-state index contributed by atoms with van der Waals surface area (Å²) in [6.45, 7) is 3.37. The van der Waals surface area contributed by atoms with Crippen LogP contribution in [0, 0.1) is 0 Å². The number of rotatable bonds is 7. The van der Waals surface area contributed by atoms with Crippen LogP contribution in [0.5, 0.6) is 5.75 Å². The molecule has 2 aromatic rings. The lowest BCUT2D eigenvalue weighted by Gasteiger charge is -2.26. The molecule has 3 rings (SSSR count). The maximum atomic E-state index is 12.9. The van der Waals surface area contributed by atoms with Gasteiger partial charge in [0, 0.05) is 18.7 Å². The lowest BCUT2D eigenvalue weighted by Crippen LogP contribution is -2.35. The number of aliphatic hydroxyl groups excluding tert-OH is 1. The molecule has 1 fully saturated rings. The first-order chi connectivity index (χ1) is 13.9. The number of ether oxygens (including phenoxy) is 1. The molecule has 1 saturated heterocycles. The molecule has 0 radical (unpaired) electrons. The van der Waals surface area contributed by atoms with Gasteiger partial charge in [-0.25, -0.2) is 0 Å². The molecule has 29 heavy (non-hydrogen) atoms. The van der Waals surface area contributed by atoms with Crippen LogP contribution in [0.3, 0.4) is 0 Å². The van der Waals surface area contributed by atoms with Crippen LogP contribution < -0.4 is 4.74 Å². The summed E-state index contributed by atoms with van der Waals surface area (Å²) in [6.07, 6.45) is 0. The van der Waals surface area contributed by atoms with Crippen LogP contribution in [0.2, 0.25) is 0 Å². The van der Waals surface area contributed by atoms with Gasteiger partial charge in [-0.05, 0) is 38.7 Å². The highest BCUT2D eigenvalue weighted by Crippen LogP contribution is 2.40. The first-order valence-electron chi connectivity index (χ1n) is 9.65. The second-order valence-electron chi connectivity index (χ2n) is 7.17. The zero-order valence-electron chi connectivity index (χ0n) is 17.0. The summed E-state index contributed by atoms with van der Waals surface area (Å²) in [6, 6.07) is 15.5. The summed E-state index contributed by atoms with van der Waals surface area (Å²) in [5, 5.41) is 10.9. The highest BCUT2D eigenvalue weighted by Gasteiger charge is 2.45. The minimum atomic E-state index is -0.671. The van der Waals surface area contributed by atoms with Gasteiger partial charge in [0.05, 0.1) is 18.2 Å². The van der Waals surface area contributed by atoms with Gasteiger partial charge in [0.2, 0.25) is 0 Å². The maximum Gasteiger partial charge on any atom is 0.295 e. The Kier molecular flexibility index (Phi) is 6.34. The van der Waals surface area contributed by atoms with E-state index in [0.717, 1.165) is 5.56 Å². The number of likely N-dealkylation sites (N-methyl/N-ethyl adjacent to an activating group) is 1. The van der Waals surface area contributed by atoms with Crippen LogP contribution in [0.15, 0.2) is 60.2 Å². The second kappa shape index (κ2) is 8.92. The first-order valence-corrected chi connectivity index (χ1v) is 9.65. The van der Waals surface area contributed by atoms with Gasteiger partial charge < -0.3 is 19.6 Å². The number of nitrogens with zero attached hydrogens (tertiary/aromatic N) is 2. The normalized spacial score (nSPS) is 18.5.